The Balaban J connectivity index is 0.00000289. The van der Waals surface area contributed by atoms with E-state index in [1.54, 1.807) is 12.1 Å². The predicted octanol–water partition coefficient (Wildman–Crippen LogP) is 2.88. The summed E-state index contributed by atoms with van der Waals surface area (Å²) in [6, 6.07) is 4.17. The third kappa shape index (κ3) is 4.63. The average molecular weight is 275 g/mol. The van der Waals surface area contributed by atoms with Crippen molar-refractivity contribution >= 4 is 24.0 Å². The molecule has 3 N–H and O–H groups in total. The topological polar surface area (TPSA) is 55.1 Å². The number of aryl methyl sites for hydroxylation is 1. The molecule has 0 fully saturated rings. The minimum absolute atomic E-state index is 0. The quantitative estimate of drug-likeness (QED) is 0.867. The van der Waals surface area contributed by atoms with E-state index in [4.69, 9.17) is 5.73 Å². The van der Waals surface area contributed by atoms with E-state index < -0.39 is 6.04 Å². The summed E-state index contributed by atoms with van der Waals surface area (Å²) in [5.74, 6) is -0.565. The zero-order chi connectivity index (χ0) is 12.8. The first kappa shape index (κ1) is 16.9. The number of amides is 1. The molecule has 1 rings (SSSR count). The van der Waals surface area contributed by atoms with Gasteiger partial charge in [0.15, 0.2) is 0 Å². The first-order chi connectivity index (χ1) is 8.08. The fourth-order valence-corrected chi connectivity index (χ4v) is 1.59. The number of carbonyl (C=O) groups is 1. The molecule has 0 heterocycles. The zero-order valence-corrected chi connectivity index (χ0v) is 11.5. The van der Waals surface area contributed by atoms with Gasteiger partial charge in [0.1, 0.15) is 5.82 Å². The highest BCUT2D eigenvalue weighted by atomic mass is 35.5. The van der Waals surface area contributed by atoms with Gasteiger partial charge in [-0.05, 0) is 30.5 Å². The molecule has 1 amide bonds. The normalized spacial score (nSPS) is 11.6. The predicted molar refractivity (Wildman–Crippen MR) is 74.5 cm³/mol. The van der Waals surface area contributed by atoms with E-state index in [1.807, 2.05) is 13.8 Å². The van der Waals surface area contributed by atoms with Crippen molar-refractivity contribution in [3.8, 4) is 0 Å². The highest BCUT2D eigenvalue weighted by Crippen LogP contribution is 2.15. The van der Waals surface area contributed by atoms with E-state index in [-0.39, 0.29) is 24.1 Å². The molecule has 0 aliphatic rings. The van der Waals surface area contributed by atoms with Gasteiger partial charge in [0.25, 0.3) is 0 Å². The van der Waals surface area contributed by atoms with Gasteiger partial charge in [0, 0.05) is 5.69 Å². The van der Waals surface area contributed by atoms with Crippen molar-refractivity contribution in [2.45, 2.75) is 39.2 Å². The molecule has 0 bridgehead atoms. The first-order valence-electron chi connectivity index (χ1n) is 5.93. The highest BCUT2D eigenvalue weighted by molar-refractivity contribution is 5.94. The number of anilines is 1. The highest BCUT2D eigenvalue weighted by Gasteiger charge is 2.12. The van der Waals surface area contributed by atoms with Gasteiger partial charge >= 0.3 is 0 Å². The summed E-state index contributed by atoms with van der Waals surface area (Å²) in [5.41, 5.74) is 6.76. The second-order valence-electron chi connectivity index (χ2n) is 4.04. The SMILES string of the molecule is CCCC(N)C(=O)Nc1ccc(CC)c(F)c1.Cl. The first-order valence-corrected chi connectivity index (χ1v) is 5.93. The molecule has 0 spiro atoms. The summed E-state index contributed by atoms with van der Waals surface area (Å²) in [7, 11) is 0. The summed E-state index contributed by atoms with van der Waals surface area (Å²) < 4.78 is 13.5. The number of rotatable bonds is 5. The fraction of sp³-hybridized carbons (Fsp3) is 0.462. The minimum atomic E-state index is -0.533. The molecule has 3 nitrogen and oxygen atoms in total. The van der Waals surface area contributed by atoms with E-state index >= 15 is 0 Å². The van der Waals surface area contributed by atoms with Gasteiger partial charge in [-0.3, -0.25) is 4.79 Å². The van der Waals surface area contributed by atoms with Crippen molar-refractivity contribution in [2.75, 3.05) is 5.32 Å². The molecule has 1 aromatic rings. The third-order valence-electron chi connectivity index (χ3n) is 2.64. The lowest BCUT2D eigenvalue weighted by Gasteiger charge is -2.11. The fourth-order valence-electron chi connectivity index (χ4n) is 1.59. The van der Waals surface area contributed by atoms with Crippen LogP contribution in [-0.2, 0) is 11.2 Å². The van der Waals surface area contributed by atoms with Crippen LogP contribution in [-0.4, -0.2) is 11.9 Å². The Bertz CT molecular complexity index is 399. The van der Waals surface area contributed by atoms with Crippen molar-refractivity contribution in [1.82, 2.24) is 0 Å². The largest absolute Gasteiger partial charge is 0.325 e. The van der Waals surface area contributed by atoms with E-state index in [2.05, 4.69) is 5.32 Å². The molecule has 1 unspecified atom stereocenters. The van der Waals surface area contributed by atoms with Gasteiger partial charge in [0.05, 0.1) is 6.04 Å². The molecule has 1 atom stereocenters. The van der Waals surface area contributed by atoms with Crippen molar-refractivity contribution < 1.29 is 9.18 Å². The van der Waals surface area contributed by atoms with Crippen LogP contribution in [0.4, 0.5) is 10.1 Å². The van der Waals surface area contributed by atoms with Crippen LogP contribution >= 0.6 is 12.4 Å². The van der Waals surface area contributed by atoms with Gasteiger partial charge in [0.2, 0.25) is 5.91 Å². The Kier molecular flexibility index (Phi) is 7.55. The van der Waals surface area contributed by atoms with Gasteiger partial charge in [-0.1, -0.05) is 26.3 Å². The molecular formula is C13H20ClFN2O. The number of halogens is 2. The molecule has 0 saturated heterocycles. The number of nitrogens with two attached hydrogens (primary N) is 1. The monoisotopic (exact) mass is 274 g/mol. The van der Waals surface area contributed by atoms with Crippen LogP contribution in [0.25, 0.3) is 0 Å². The van der Waals surface area contributed by atoms with E-state index in [0.29, 0.717) is 24.1 Å². The van der Waals surface area contributed by atoms with Crippen molar-refractivity contribution in [2.24, 2.45) is 5.73 Å². The Hall–Kier alpha value is -1.13. The molecule has 102 valence electrons. The number of nitrogens with one attached hydrogen (secondary N) is 1. The molecule has 0 aliphatic carbocycles. The molecule has 0 aliphatic heterocycles. The van der Waals surface area contributed by atoms with E-state index in [9.17, 15) is 9.18 Å². The Morgan fingerprint density at radius 1 is 1.44 bits per heavy atom. The average Bonchev–Trinajstić information content (AvgIpc) is 2.29. The molecule has 1 aromatic carbocycles. The number of benzene rings is 1. The maximum absolute atomic E-state index is 13.5. The number of carbonyl (C=O) groups excluding carboxylic acids is 1. The molecular weight excluding hydrogens is 255 g/mol. The van der Waals surface area contributed by atoms with Crippen LogP contribution in [0, 0.1) is 5.82 Å². The molecule has 0 radical (unpaired) electrons. The summed E-state index contributed by atoms with van der Waals surface area (Å²) in [5, 5.41) is 2.61. The Labute approximate surface area is 113 Å². The van der Waals surface area contributed by atoms with Crippen LogP contribution in [0.2, 0.25) is 0 Å². The molecule has 18 heavy (non-hydrogen) atoms. The second kappa shape index (κ2) is 8.06. The summed E-state index contributed by atoms with van der Waals surface area (Å²) in [4.78, 5) is 11.6. The lowest BCUT2D eigenvalue weighted by Crippen LogP contribution is -2.35. The minimum Gasteiger partial charge on any atom is -0.325 e. The lowest BCUT2D eigenvalue weighted by atomic mass is 10.1. The molecule has 0 saturated carbocycles. The van der Waals surface area contributed by atoms with Crippen LogP contribution in [0.15, 0.2) is 18.2 Å². The van der Waals surface area contributed by atoms with E-state index in [0.717, 1.165) is 6.42 Å². The summed E-state index contributed by atoms with van der Waals surface area (Å²) >= 11 is 0. The van der Waals surface area contributed by atoms with Crippen molar-refractivity contribution in [3.05, 3.63) is 29.6 Å². The van der Waals surface area contributed by atoms with Crippen molar-refractivity contribution in [1.29, 1.82) is 0 Å². The van der Waals surface area contributed by atoms with Crippen LogP contribution < -0.4 is 11.1 Å². The van der Waals surface area contributed by atoms with Gasteiger partial charge < -0.3 is 11.1 Å². The van der Waals surface area contributed by atoms with Gasteiger partial charge in [-0.15, -0.1) is 12.4 Å². The van der Waals surface area contributed by atoms with Crippen LogP contribution in [0.5, 0.6) is 0 Å². The van der Waals surface area contributed by atoms with Gasteiger partial charge in [-0.25, -0.2) is 4.39 Å². The Morgan fingerprint density at radius 2 is 2.11 bits per heavy atom. The number of hydrogen-bond donors (Lipinski definition) is 2. The Morgan fingerprint density at radius 3 is 2.61 bits per heavy atom. The second-order valence-corrected chi connectivity index (χ2v) is 4.04. The smallest absolute Gasteiger partial charge is 0.241 e. The molecule has 0 aromatic heterocycles. The maximum atomic E-state index is 13.5. The third-order valence-corrected chi connectivity index (χ3v) is 2.64. The lowest BCUT2D eigenvalue weighted by molar-refractivity contribution is -0.117. The summed E-state index contributed by atoms with van der Waals surface area (Å²) in [6.07, 6.45) is 2.11. The van der Waals surface area contributed by atoms with Gasteiger partial charge in [-0.2, -0.15) is 0 Å². The maximum Gasteiger partial charge on any atom is 0.241 e. The molecule has 5 heteroatoms. The standard InChI is InChI=1S/C13H19FN2O.ClH/c1-3-5-12(15)13(17)16-10-7-6-9(4-2)11(14)8-10;/h6-8,12H,3-5,15H2,1-2H3,(H,16,17);1H. The number of hydrogen-bond acceptors (Lipinski definition) is 2. The zero-order valence-electron chi connectivity index (χ0n) is 10.7. The van der Waals surface area contributed by atoms with Crippen LogP contribution in [0.1, 0.15) is 32.3 Å². The van der Waals surface area contributed by atoms with Crippen LogP contribution in [0.3, 0.4) is 0 Å². The van der Waals surface area contributed by atoms with Crippen molar-refractivity contribution in [3.63, 3.8) is 0 Å². The van der Waals surface area contributed by atoms with E-state index in [1.165, 1.54) is 6.07 Å². The summed E-state index contributed by atoms with van der Waals surface area (Å²) in [6.45, 7) is 3.84.